The van der Waals surface area contributed by atoms with Crippen molar-refractivity contribution in [2.24, 2.45) is 5.92 Å². The van der Waals surface area contributed by atoms with Gasteiger partial charge in [0, 0.05) is 18.2 Å². The number of benzene rings is 1. The van der Waals surface area contributed by atoms with Gasteiger partial charge in [-0.25, -0.2) is 4.39 Å². The highest BCUT2D eigenvalue weighted by Crippen LogP contribution is 2.33. The molecular formula is C17H27FN2O. The van der Waals surface area contributed by atoms with Crippen molar-refractivity contribution in [1.82, 2.24) is 0 Å². The minimum absolute atomic E-state index is 0.0593. The Balaban J connectivity index is 2.05. The maximum atomic E-state index is 13.8. The smallest absolute Gasteiger partial charge is 0.167 e. The summed E-state index contributed by atoms with van der Waals surface area (Å²) in [5, 5.41) is 3.46. The molecule has 3 N–H and O–H groups in total. The fourth-order valence-corrected chi connectivity index (χ4v) is 2.97. The van der Waals surface area contributed by atoms with E-state index < -0.39 is 5.82 Å². The quantitative estimate of drug-likeness (QED) is 0.782. The van der Waals surface area contributed by atoms with Gasteiger partial charge in [0.1, 0.15) is 0 Å². The van der Waals surface area contributed by atoms with Gasteiger partial charge in [0.25, 0.3) is 0 Å². The molecule has 1 aliphatic rings. The van der Waals surface area contributed by atoms with Gasteiger partial charge in [-0.1, -0.05) is 13.3 Å². The van der Waals surface area contributed by atoms with Gasteiger partial charge in [-0.15, -0.1) is 0 Å². The zero-order valence-electron chi connectivity index (χ0n) is 13.3. The van der Waals surface area contributed by atoms with E-state index in [2.05, 4.69) is 12.2 Å². The van der Waals surface area contributed by atoms with E-state index in [-0.39, 0.29) is 11.9 Å². The number of hydrogen-bond acceptors (Lipinski definition) is 3. The summed E-state index contributed by atoms with van der Waals surface area (Å²) in [7, 11) is 0. The molecule has 118 valence electrons. The minimum Gasteiger partial charge on any atom is -0.488 e. The van der Waals surface area contributed by atoms with Crippen LogP contribution in [0.5, 0.6) is 5.75 Å². The Morgan fingerprint density at radius 3 is 2.52 bits per heavy atom. The summed E-state index contributed by atoms with van der Waals surface area (Å²) in [5.41, 5.74) is 7.16. The largest absolute Gasteiger partial charge is 0.488 e. The molecule has 0 saturated heterocycles. The Bertz CT molecular complexity index is 468. The van der Waals surface area contributed by atoms with Gasteiger partial charge in [0.05, 0.1) is 17.5 Å². The van der Waals surface area contributed by atoms with Gasteiger partial charge in [0.2, 0.25) is 0 Å². The molecular weight excluding hydrogens is 267 g/mol. The van der Waals surface area contributed by atoms with E-state index in [4.69, 9.17) is 10.5 Å². The standard InChI is InChI=1S/C17H27FN2O/c1-4-12-5-7-13(8-6-12)20-16-10-17(21-11(2)3)14(18)9-15(16)19/h9-13,20H,4-8,19H2,1-3H3. The molecule has 1 aromatic carbocycles. The van der Waals surface area contributed by atoms with Gasteiger partial charge >= 0.3 is 0 Å². The first kappa shape index (κ1) is 15.9. The number of ether oxygens (including phenoxy) is 1. The van der Waals surface area contributed by atoms with Crippen LogP contribution in [0.25, 0.3) is 0 Å². The zero-order chi connectivity index (χ0) is 15.4. The third-order valence-electron chi connectivity index (χ3n) is 4.25. The molecule has 0 atom stereocenters. The van der Waals surface area contributed by atoms with Crippen molar-refractivity contribution in [3.63, 3.8) is 0 Å². The van der Waals surface area contributed by atoms with Gasteiger partial charge in [-0.3, -0.25) is 0 Å². The Morgan fingerprint density at radius 2 is 1.95 bits per heavy atom. The van der Waals surface area contributed by atoms with Gasteiger partial charge in [-0.2, -0.15) is 0 Å². The van der Waals surface area contributed by atoms with Crippen molar-refractivity contribution in [3.8, 4) is 5.75 Å². The normalized spacial score (nSPS) is 22.3. The van der Waals surface area contributed by atoms with Gasteiger partial charge < -0.3 is 15.8 Å². The zero-order valence-corrected chi connectivity index (χ0v) is 13.3. The molecule has 21 heavy (non-hydrogen) atoms. The average Bonchev–Trinajstić information content (AvgIpc) is 2.44. The number of hydrogen-bond donors (Lipinski definition) is 2. The molecule has 0 aliphatic heterocycles. The van der Waals surface area contributed by atoms with Crippen molar-refractivity contribution in [2.45, 2.75) is 65.0 Å². The Labute approximate surface area is 127 Å². The van der Waals surface area contributed by atoms with Gasteiger partial charge in [-0.05, 0) is 45.4 Å². The molecule has 0 unspecified atom stereocenters. The predicted molar refractivity (Wildman–Crippen MR) is 86.2 cm³/mol. The lowest BCUT2D eigenvalue weighted by Gasteiger charge is -2.29. The van der Waals surface area contributed by atoms with E-state index in [0.29, 0.717) is 11.7 Å². The summed E-state index contributed by atoms with van der Waals surface area (Å²) in [6, 6.07) is 3.46. The maximum absolute atomic E-state index is 13.8. The van der Waals surface area contributed by atoms with E-state index >= 15 is 0 Å². The van der Waals surface area contributed by atoms with Gasteiger partial charge in [0.15, 0.2) is 11.6 Å². The topological polar surface area (TPSA) is 47.3 Å². The first-order chi connectivity index (χ1) is 9.99. The molecule has 1 fully saturated rings. The number of nitrogens with one attached hydrogen (secondary N) is 1. The molecule has 0 aromatic heterocycles. The fraction of sp³-hybridized carbons (Fsp3) is 0.647. The molecule has 3 nitrogen and oxygen atoms in total. The molecule has 0 heterocycles. The van der Waals surface area contributed by atoms with E-state index in [0.717, 1.165) is 24.4 Å². The molecule has 0 bridgehead atoms. The Morgan fingerprint density at radius 1 is 1.29 bits per heavy atom. The van der Waals surface area contributed by atoms with Crippen molar-refractivity contribution in [3.05, 3.63) is 17.9 Å². The highest BCUT2D eigenvalue weighted by atomic mass is 19.1. The molecule has 0 spiro atoms. The number of nitrogen functional groups attached to an aromatic ring is 1. The molecule has 0 radical (unpaired) electrons. The Kier molecular flexibility index (Phi) is 5.32. The average molecular weight is 294 g/mol. The molecule has 0 amide bonds. The van der Waals surface area contributed by atoms with Crippen LogP contribution in [-0.2, 0) is 0 Å². The number of anilines is 2. The van der Waals surface area contributed by atoms with Crippen LogP contribution in [0.1, 0.15) is 52.9 Å². The summed E-state index contributed by atoms with van der Waals surface area (Å²) in [5.74, 6) is 0.721. The van der Waals surface area contributed by atoms with Crippen LogP contribution >= 0.6 is 0 Å². The predicted octanol–water partition coefficient (Wildman–Crippen LogP) is 4.58. The molecule has 1 aromatic rings. The maximum Gasteiger partial charge on any atom is 0.167 e. The SMILES string of the molecule is CCC1CCC(Nc2cc(OC(C)C)c(F)cc2N)CC1. The van der Waals surface area contributed by atoms with Crippen LogP contribution in [0.3, 0.4) is 0 Å². The third kappa shape index (κ3) is 4.26. The van der Waals surface area contributed by atoms with E-state index in [1.165, 1.54) is 25.3 Å². The fourth-order valence-electron chi connectivity index (χ4n) is 2.97. The number of nitrogens with two attached hydrogens (primary N) is 1. The summed E-state index contributed by atoms with van der Waals surface area (Å²) >= 11 is 0. The second-order valence-corrected chi connectivity index (χ2v) is 6.31. The summed E-state index contributed by atoms with van der Waals surface area (Å²) in [6.45, 7) is 6.02. The number of halogens is 1. The second kappa shape index (κ2) is 7.01. The van der Waals surface area contributed by atoms with Crippen LogP contribution < -0.4 is 15.8 Å². The summed E-state index contributed by atoms with van der Waals surface area (Å²) in [6.07, 6.45) is 6.01. The number of rotatable bonds is 5. The first-order valence-corrected chi connectivity index (χ1v) is 8.01. The monoisotopic (exact) mass is 294 g/mol. The van der Waals surface area contributed by atoms with Crippen molar-refractivity contribution >= 4 is 11.4 Å². The third-order valence-corrected chi connectivity index (χ3v) is 4.25. The van der Waals surface area contributed by atoms with Crippen molar-refractivity contribution in [1.29, 1.82) is 0 Å². The lowest BCUT2D eigenvalue weighted by molar-refractivity contribution is 0.231. The molecule has 1 aliphatic carbocycles. The van der Waals surface area contributed by atoms with Crippen LogP contribution in [0.2, 0.25) is 0 Å². The van der Waals surface area contributed by atoms with Crippen molar-refractivity contribution in [2.75, 3.05) is 11.1 Å². The van der Waals surface area contributed by atoms with Crippen LogP contribution in [0, 0.1) is 11.7 Å². The Hall–Kier alpha value is -1.45. The van der Waals surface area contributed by atoms with Crippen molar-refractivity contribution < 1.29 is 9.13 Å². The van der Waals surface area contributed by atoms with Crippen LogP contribution in [-0.4, -0.2) is 12.1 Å². The second-order valence-electron chi connectivity index (χ2n) is 6.31. The van der Waals surface area contributed by atoms with E-state index in [1.807, 2.05) is 13.8 Å². The molecule has 4 heteroatoms. The van der Waals surface area contributed by atoms with E-state index in [9.17, 15) is 4.39 Å². The molecule has 2 rings (SSSR count). The lowest BCUT2D eigenvalue weighted by atomic mass is 9.84. The van der Waals surface area contributed by atoms with Crippen LogP contribution in [0.4, 0.5) is 15.8 Å². The summed E-state index contributed by atoms with van der Waals surface area (Å²) in [4.78, 5) is 0. The minimum atomic E-state index is -0.401. The highest BCUT2D eigenvalue weighted by Gasteiger charge is 2.21. The first-order valence-electron chi connectivity index (χ1n) is 8.01. The summed E-state index contributed by atoms with van der Waals surface area (Å²) < 4.78 is 19.3. The van der Waals surface area contributed by atoms with E-state index in [1.54, 1.807) is 6.07 Å². The van der Waals surface area contributed by atoms with Crippen LogP contribution in [0.15, 0.2) is 12.1 Å². The lowest BCUT2D eigenvalue weighted by Crippen LogP contribution is -2.26. The molecule has 1 saturated carbocycles. The highest BCUT2D eigenvalue weighted by molar-refractivity contribution is 5.69.